The van der Waals surface area contributed by atoms with Gasteiger partial charge in [-0.2, -0.15) is 0 Å². The molecular formula is C13H20N2O2. The zero-order chi connectivity index (χ0) is 12.8. The van der Waals surface area contributed by atoms with Crippen LogP contribution in [0.15, 0.2) is 18.5 Å². The number of hydrogen-bond acceptors (Lipinski definition) is 4. The first-order valence-corrected chi connectivity index (χ1v) is 5.77. The Balaban J connectivity index is 2.64. The molecule has 1 atom stereocenters. The summed E-state index contributed by atoms with van der Waals surface area (Å²) < 4.78 is 4.78. The zero-order valence-corrected chi connectivity index (χ0v) is 10.9. The number of carbonyl (C=O) groups is 1. The van der Waals surface area contributed by atoms with E-state index in [9.17, 15) is 4.79 Å². The van der Waals surface area contributed by atoms with E-state index in [0.29, 0.717) is 6.54 Å². The Labute approximate surface area is 102 Å². The molecule has 0 radical (unpaired) electrons. The normalized spacial score (nSPS) is 12.5. The second-order valence-corrected chi connectivity index (χ2v) is 4.43. The van der Waals surface area contributed by atoms with E-state index in [1.807, 2.05) is 33.0 Å². The summed E-state index contributed by atoms with van der Waals surface area (Å²) in [5.74, 6) is -0.0269. The van der Waals surface area contributed by atoms with Crippen molar-refractivity contribution in [2.24, 2.45) is 5.92 Å². The van der Waals surface area contributed by atoms with E-state index >= 15 is 0 Å². The fourth-order valence-electron chi connectivity index (χ4n) is 1.62. The highest BCUT2D eigenvalue weighted by Crippen LogP contribution is 2.08. The molecule has 0 saturated carbocycles. The molecule has 1 aromatic heterocycles. The molecule has 4 nitrogen and oxygen atoms in total. The molecule has 0 aliphatic heterocycles. The number of methoxy groups -OCH3 is 1. The van der Waals surface area contributed by atoms with Crippen molar-refractivity contribution in [3.05, 3.63) is 29.6 Å². The number of esters is 1. The quantitative estimate of drug-likeness (QED) is 0.790. The molecule has 1 aromatic rings. The van der Waals surface area contributed by atoms with Crippen molar-refractivity contribution in [1.82, 2.24) is 10.3 Å². The van der Waals surface area contributed by atoms with Crippen LogP contribution in [0.4, 0.5) is 0 Å². The number of hydrogen-bond donors (Lipinski definition) is 1. The lowest BCUT2D eigenvalue weighted by Gasteiger charge is -2.20. The van der Waals surface area contributed by atoms with Gasteiger partial charge in [0.1, 0.15) is 6.04 Å². The Kier molecular flexibility index (Phi) is 5.10. The van der Waals surface area contributed by atoms with Gasteiger partial charge in [-0.25, -0.2) is 0 Å². The third-order valence-corrected chi connectivity index (χ3v) is 2.78. The summed E-state index contributed by atoms with van der Waals surface area (Å²) in [6.45, 7) is 6.63. The van der Waals surface area contributed by atoms with Crippen LogP contribution < -0.4 is 5.32 Å². The lowest BCUT2D eigenvalue weighted by Crippen LogP contribution is -2.41. The van der Waals surface area contributed by atoms with Gasteiger partial charge >= 0.3 is 5.97 Å². The molecule has 1 heterocycles. The maximum Gasteiger partial charge on any atom is 0.323 e. The summed E-state index contributed by atoms with van der Waals surface area (Å²) in [7, 11) is 1.41. The highest BCUT2D eigenvalue weighted by atomic mass is 16.5. The fourth-order valence-corrected chi connectivity index (χ4v) is 1.62. The molecule has 4 heteroatoms. The first-order chi connectivity index (χ1) is 8.06. The summed E-state index contributed by atoms with van der Waals surface area (Å²) in [6, 6.07) is 1.68. The Bertz CT molecular complexity index is 377. The van der Waals surface area contributed by atoms with Gasteiger partial charge in [-0.05, 0) is 30.0 Å². The highest BCUT2D eigenvalue weighted by Gasteiger charge is 2.22. The minimum atomic E-state index is -0.278. The second-order valence-electron chi connectivity index (χ2n) is 4.43. The number of aromatic nitrogens is 1. The van der Waals surface area contributed by atoms with Gasteiger partial charge in [-0.15, -0.1) is 0 Å². The Morgan fingerprint density at radius 2 is 2.24 bits per heavy atom. The molecule has 0 bridgehead atoms. The molecule has 0 saturated heterocycles. The van der Waals surface area contributed by atoms with Crippen molar-refractivity contribution in [2.75, 3.05) is 7.11 Å². The maximum atomic E-state index is 11.6. The number of pyridine rings is 1. The topological polar surface area (TPSA) is 51.2 Å². The molecule has 1 N–H and O–H groups in total. The largest absolute Gasteiger partial charge is 0.468 e. The zero-order valence-electron chi connectivity index (χ0n) is 10.9. The van der Waals surface area contributed by atoms with Gasteiger partial charge in [0.05, 0.1) is 7.11 Å². The molecule has 0 fully saturated rings. The van der Waals surface area contributed by atoms with E-state index < -0.39 is 0 Å². The first kappa shape index (κ1) is 13.6. The summed E-state index contributed by atoms with van der Waals surface area (Å²) in [5, 5.41) is 3.21. The third kappa shape index (κ3) is 3.82. The molecule has 0 aromatic carbocycles. The number of rotatable bonds is 5. The van der Waals surface area contributed by atoms with E-state index in [2.05, 4.69) is 10.3 Å². The molecule has 0 aliphatic carbocycles. The SMILES string of the molecule is COC(=O)[C@@H](NCc1cnccc1C)C(C)C. The maximum absolute atomic E-state index is 11.6. The molecular weight excluding hydrogens is 216 g/mol. The van der Waals surface area contributed by atoms with Crippen LogP contribution in [-0.2, 0) is 16.1 Å². The van der Waals surface area contributed by atoms with Gasteiger partial charge in [0.25, 0.3) is 0 Å². The van der Waals surface area contributed by atoms with Crippen molar-refractivity contribution >= 4 is 5.97 Å². The van der Waals surface area contributed by atoms with Crippen LogP contribution >= 0.6 is 0 Å². The number of nitrogens with zero attached hydrogens (tertiary/aromatic N) is 1. The minimum absolute atomic E-state index is 0.194. The standard InChI is InChI=1S/C13H20N2O2/c1-9(2)12(13(16)17-4)15-8-11-7-14-6-5-10(11)3/h5-7,9,12,15H,8H2,1-4H3/t12-/m0/s1. The minimum Gasteiger partial charge on any atom is -0.468 e. The van der Waals surface area contributed by atoms with Gasteiger partial charge in [-0.3, -0.25) is 9.78 Å². The molecule has 0 amide bonds. The number of carbonyl (C=O) groups excluding carboxylic acids is 1. The average molecular weight is 236 g/mol. The first-order valence-electron chi connectivity index (χ1n) is 5.77. The predicted octanol–water partition coefficient (Wildman–Crippen LogP) is 1.68. The monoisotopic (exact) mass is 236 g/mol. The summed E-state index contributed by atoms with van der Waals surface area (Å²) in [5.41, 5.74) is 2.27. The van der Waals surface area contributed by atoms with Crippen LogP contribution in [0.1, 0.15) is 25.0 Å². The lowest BCUT2D eigenvalue weighted by atomic mass is 10.0. The van der Waals surface area contributed by atoms with E-state index in [1.165, 1.54) is 12.7 Å². The van der Waals surface area contributed by atoms with Gasteiger partial charge < -0.3 is 10.1 Å². The van der Waals surface area contributed by atoms with E-state index in [1.54, 1.807) is 6.20 Å². The molecule has 94 valence electrons. The van der Waals surface area contributed by atoms with Gasteiger partial charge in [0.2, 0.25) is 0 Å². The molecule has 0 unspecified atom stereocenters. The Hall–Kier alpha value is -1.42. The summed E-state index contributed by atoms with van der Waals surface area (Å²) >= 11 is 0. The van der Waals surface area contributed by atoms with Crippen molar-refractivity contribution < 1.29 is 9.53 Å². The van der Waals surface area contributed by atoms with Crippen molar-refractivity contribution in [1.29, 1.82) is 0 Å². The van der Waals surface area contributed by atoms with Crippen LogP contribution in [0.5, 0.6) is 0 Å². The van der Waals surface area contributed by atoms with Crippen molar-refractivity contribution in [2.45, 2.75) is 33.4 Å². The summed E-state index contributed by atoms with van der Waals surface area (Å²) in [4.78, 5) is 15.6. The average Bonchev–Trinajstić information content (AvgIpc) is 2.30. The Morgan fingerprint density at radius 1 is 1.53 bits per heavy atom. The number of aryl methyl sites for hydroxylation is 1. The van der Waals surface area contributed by atoms with E-state index in [0.717, 1.165) is 5.56 Å². The number of nitrogens with one attached hydrogen (secondary N) is 1. The van der Waals surface area contributed by atoms with E-state index in [4.69, 9.17) is 4.74 Å². The fraction of sp³-hybridized carbons (Fsp3) is 0.538. The molecule has 0 spiro atoms. The van der Waals surface area contributed by atoms with Gasteiger partial charge in [0.15, 0.2) is 0 Å². The van der Waals surface area contributed by atoms with Crippen molar-refractivity contribution in [3.8, 4) is 0 Å². The lowest BCUT2D eigenvalue weighted by molar-refractivity contribution is -0.144. The molecule has 17 heavy (non-hydrogen) atoms. The smallest absolute Gasteiger partial charge is 0.323 e. The predicted molar refractivity (Wildman–Crippen MR) is 66.5 cm³/mol. The van der Waals surface area contributed by atoms with Gasteiger partial charge in [-0.1, -0.05) is 13.8 Å². The van der Waals surface area contributed by atoms with Crippen molar-refractivity contribution in [3.63, 3.8) is 0 Å². The van der Waals surface area contributed by atoms with Gasteiger partial charge in [0, 0.05) is 18.9 Å². The molecule has 1 rings (SSSR count). The van der Waals surface area contributed by atoms with Crippen LogP contribution in [0.2, 0.25) is 0 Å². The summed E-state index contributed by atoms with van der Waals surface area (Å²) in [6.07, 6.45) is 3.58. The third-order valence-electron chi connectivity index (χ3n) is 2.78. The highest BCUT2D eigenvalue weighted by molar-refractivity contribution is 5.75. The van der Waals surface area contributed by atoms with Crippen LogP contribution in [-0.4, -0.2) is 24.1 Å². The van der Waals surface area contributed by atoms with Crippen LogP contribution in [0.25, 0.3) is 0 Å². The number of ether oxygens (including phenoxy) is 1. The molecule has 0 aliphatic rings. The second kappa shape index (κ2) is 6.35. The van der Waals surface area contributed by atoms with Crippen LogP contribution in [0, 0.1) is 12.8 Å². The van der Waals surface area contributed by atoms with Crippen LogP contribution in [0.3, 0.4) is 0 Å². The Morgan fingerprint density at radius 3 is 2.76 bits per heavy atom. The van der Waals surface area contributed by atoms with E-state index in [-0.39, 0.29) is 17.9 Å².